The zero-order chi connectivity index (χ0) is 14.8. The summed E-state index contributed by atoms with van der Waals surface area (Å²) in [6.45, 7) is 2.26. The highest BCUT2D eigenvalue weighted by atomic mass is 16.7. The first-order chi connectivity index (χ1) is 10.1. The molecule has 114 valence electrons. The molecule has 0 aromatic heterocycles. The third kappa shape index (κ3) is 2.91. The van der Waals surface area contributed by atoms with Gasteiger partial charge in [-0.15, -0.1) is 0 Å². The molecule has 0 spiro atoms. The first kappa shape index (κ1) is 14.0. The molecular weight excluding hydrogens is 268 g/mol. The van der Waals surface area contributed by atoms with Gasteiger partial charge in [0.1, 0.15) is 0 Å². The number of carbonyl (C=O) groups is 1. The van der Waals surface area contributed by atoms with Crippen LogP contribution in [0.1, 0.15) is 49.4 Å². The highest BCUT2D eigenvalue weighted by Crippen LogP contribution is 2.36. The van der Waals surface area contributed by atoms with Crippen molar-refractivity contribution in [1.82, 2.24) is 5.32 Å². The first-order valence-corrected chi connectivity index (χ1v) is 7.65. The molecular formula is C16H22N2O3. The normalized spacial score (nSPS) is 19.3. The zero-order valence-electron chi connectivity index (χ0n) is 12.4. The zero-order valence-corrected chi connectivity index (χ0v) is 12.4. The molecule has 1 atom stereocenters. The molecule has 1 aliphatic carbocycles. The third-order valence-corrected chi connectivity index (χ3v) is 4.51. The number of amides is 1. The van der Waals surface area contributed by atoms with Gasteiger partial charge in [0.2, 0.25) is 6.79 Å². The van der Waals surface area contributed by atoms with Gasteiger partial charge in [-0.25, -0.2) is 0 Å². The van der Waals surface area contributed by atoms with E-state index in [4.69, 9.17) is 15.2 Å². The number of nitrogens with one attached hydrogen (secondary N) is 1. The van der Waals surface area contributed by atoms with Crippen LogP contribution < -0.4 is 20.5 Å². The number of fused-ring (bicyclic) bond motifs is 1. The molecule has 3 rings (SSSR count). The van der Waals surface area contributed by atoms with Crippen LogP contribution in [-0.4, -0.2) is 18.7 Å². The van der Waals surface area contributed by atoms with Crippen LogP contribution in [0, 0.1) is 5.92 Å². The minimum absolute atomic E-state index is 0.135. The second-order valence-electron chi connectivity index (χ2n) is 5.95. The molecule has 21 heavy (non-hydrogen) atoms. The minimum atomic E-state index is -0.135. The average Bonchev–Trinajstić information content (AvgIpc) is 2.94. The number of ether oxygens (including phenoxy) is 2. The van der Waals surface area contributed by atoms with Crippen molar-refractivity contribution in [2.45, 2.75) is 45.1 Å². The van der Waals surface area contributed by atoms with Crippen LogP contribution in [0.2, 0.25) is 0 Å². The Balaban J connectivity index is 1.70. The van der Waals surface area contributed by atoms with Crippen molar-refractivity contribution < 1.29 is 14.3 Å². The number of hydrogen-bond donors (Lipinski definition) is 2. The van der Waals surface area contributed by atoms with E-state index in [1.807, 2.05) is 0 Å². The Labute approximate surface area is 124 Å². The van der Waals surface area contributed by atoms with Gasteiger partial charge in [0, 0.05) is 17.8 Å². The highest BCUT2D eigenvalue weighted by molar-refractivity contribution is 6.00. The van der Waals surface area contributed by atoms with Gasteiger partial charge in [0.25, 0.3) is 5.91 Å². The molecule has 1 aromatic rings. The summed E-state index contributed by atoms with van der Waals surface area (Å²) in [5.74, 6) is 1.62. The van der Waals surface area contributed by atoms with Gasteiger partial charge in [0.15, 0.2) is 11.5 Å². The largest absolute Gasteiger partial charge is 0.454 e. The minimum Gasteiger partial charge on any atom is -0.454 e. The van der Waals surface area contributed by atoms with E-state index in [9.17, 15) is 4.79 Å². The summed E-state index contributed by atoms with van der Waals surface area (Å²) >= 11 is 0. The van der Waals surface area contributed by atoms with Crippen LogP contribution >= 0.6 is 0 Å². The van der Waals surface area contributed by atoms with E-state index >= 15 is 0 Å². The van der Waals surface area contributed by atoms with Crippen LogP contribution in [0.4, 0.5) is 5.69 Å². The maximum Gasteiger partial charge on any atom is 0.253 e. The Kier molecular flexibility index (Phi) is 3.90. The molecule has 1 aromatic carbocycles. The maximum atomic E-state index is 12.4. The SMILES string of the molecule is CC(NC(=O)c1cc2c(cc1N)OCO2)C1CCCCC1. The van der Waals surface area contributed by atoms with Gasteiger partial charge in [0.05, 0.1) is 5.56 Å². The predicted molar refractivity (Wildman–Crippen MR) is 80.5 cm³/mol. The number of benzene rings is 1. The van der Waals surface area contributed by atoms with Crippen LogP contribution in [0.15, 0.2) is 12.1 Å². The van der Waals surface area contributed by atoms with E-state index in [0.29, 0.717) is 28.7 Å². The molecule has 5 heteroatoms. The molecule has 1 saturated carbocycles. The van der Waals surface area contributed by atoms with Crippen molar-refractivity contribution in [3.63, 3.8) is 0 Å². The Morgan fingerprint density at radius 1 is 1.24 bits per heavy atom. The van der Waals surface area contributed by atoms with Crippen molar-refractivity contribution in [2.75, 3.05) is 12.5 Å². The lowest BCUT2D eigenvalue weighted by Crippen LogP contribution is -2.39. The monoisotopic (exact) mass is 290 g/mol. The number of rotatable bonds is 3. The molecule has 1 amide bonds. The fourth-order valence-corrected chi connectivity index (χ4v) is 3.19. The van der Waals surface area contributed by atoms with Gasteiger partial charge in [-0.1, -0.05) is 19.3 Å². The summed E-state index contributed by atoms with van der Waals surface area (Å²) < 4.78 is 10.6. The third-order valence-electron chi connectivity index (χ3n) is 4.51. The van der Waals surface area contributed by atoms with Crippen LogP contribution in [0.5, 0.6) is 11.5 Å². The van der Waals surface area contributed by atoms with E-state index in [-0.39, 0.29) is 18.7 Å². The van der Waals surface area contributed by atoms with Crippen molar-refractivity contribution >= 4 is 11.6 Å². The lowest BCUT2D eigenvalue weighted by atomic mass is 9.84. The molecule has 3 N–H and O–H groups in total. The Morgan fingerprint density at radius 2 is 1.90 bits per heavy atom. The lowest BCUT2D eigenvalue weighted by molar-refractivity contribution is 0.0919. The molecule has 0 saturated heterocycles. The molecule has 1 fully saturated rings. The van der Waals surface area contributed by atoms with E-state index in [0.717, 1.165) is 0 Å². The Morgan fingerprint density at radius 3 is 2.62 bits per heavy atom. The van der Waals surface area contributed by atoms with Crippen LogP contribution in [-0.2, 0) is 0 Å². The summed E-state index contributed by atoms with van der Waals surface area (Å²) in [4.78, 5) is 12.4. The summed E-state index contributed by atoms with van der Waals surface area (Å²) in [6, 6.07) is 3.49. The van der Waals surface area contributed by atoms with E-state index in [1.165, 1.54) is 32.1 Å². The molecule has 2 aliphatic rings. The van der Waals surface area contributed by atoms with E-state index in [2.05, 4.69) is 12.2 Å². The smallest absolute Gasteiger partial charge is 0.253 e. The molecule has 1 heterocycles. The van der Waals surface area contributed by atoms with E-state index < -0.39 is 0 Å². The van der Waals surface area contributed by atoms with Crippen LogP contribution in [0.3, 0.4) is 0 Å². The van der Waals surface area contributed by atoms with Crippen molar-refractivity contribution in [3.8, 4) is 11.5 Å². The summed E-state index contributed by atoms with van der Waals surface area (Å²) in [5, 5.41) is 3.08. The molecule has 1 aliphatic heterocycles. The Hall–Kier alpha value is -1.91. The van der Waals surface area contributed by atoms with Gasteiger partial charge < -0.3 is 20.5 Å². The fraction of sp³-hybridized carbons (Fsp3) is 0.562. The average molecular weight is 290 g/mol. The number of anilines is 1. The number of carbonyl (C=O) groups excluding carboxylic acids is 1. The molecule has 5 nitrogen and oxygen atoms in total. The van der Waals surface area contributed by atoms with Gasteiger partial charge >= 0.3 is 0 Å². The predicted octanol–water partition coefficient (Wildman–Crippen LogP) is 2.70. The quantitative estimate of drug-likeness (QED) is 0.839. The van der Waals surface area contributed by atoms with Gasteiger partial charge in [-0.3, -0.25) is 4.79 Å². The second-order valence-corrected chi connectivity index (χ2v) is 5.95. The van der Waals surface area contributed by atoms with Crippen molar-refractivity contribution in [3.05, 3.63) is 17.7 Å². The van der Waals surface area contributed by atoms with Crippen molar-refractivity contribution in [1.29, 1.82) is 0 Å². The number of nitrogens with two attached hydrogens (primary N) is 1. The van der Waals surface area contributed by atoms with Crippen LogP contribution in [0.25, 0.3) is 0 Å². The molecule has 0 bridgehead atoms. The maximum absolute atomic E-state index is 12.4. The summed E-state index contributed by atoms with van der Waals surface area (Å²) in [7, 11) is 0. The number of nitrogen functional groups attached to an aromatic ring is 1. The highest BCUT2D eigenvalue weighted by Gasteiger charge is 2.24. The van der Waals surface area contributed by atoms with Crippen molar-refractivity contribution in [2.24, 2.45) is 5.92 Å². The second kappa shape index (κ2) is 5.84. The molecule has 1 unspecified atom stereocenters. The molecule has 0 radical (unpaired) electrons. The number of hydrogen-bond acceptors (Lipinski definition) is 4. The fourth-order valence-electron chi connectivity index (χ4n) is 3.19. The van der Waals surface area contributed by atoms with E-state index in [1.54, 1.807) is 12.1 Å². The Bertz CT molecular complexity index is 539. The van der Waals surface area contributed by atoms with Gasteiger partial charge in [-0.2, -0.15) is 0 Å². The topological polar surface area (TPSA) is 73.6 Å². The van der Waals surface area contributed by atoms with Gasteiger partial charge in [-0.05, 0) is 31.7 Å². The summed E-state index contributed by atoms with van der Waals surface area (Å²) in [5.41, 5.74) is 6.84. The summed E-state index contributed by atoms with van der Waals surface area (Å²) in [6.07, 6.45) is 6.22. The first-order valence-electron chi connectivity index (χ1n) is 7.65. The lowest BCUT2D eigenvalue weighted by Gasteiger charge is -2.28. The standard InChI is InChI=1S/C16H22N2O3/c1-10(11-5-3-2-4-6-11)18-16(19)12-7-14-15(8-13(12)17)21-9-20-14/h7-8,10-11H,2-6,9,17H2,1H3,(H,18,19).